The van der Waals surface area contributed by atoms with Crippen LogP contribution in [-0.2, 0) is 4.79 Å². The van der Waals surface area contributed by atoms with Crippen LogP contribution in [0.1, 0.15) is 51.6 Å². The minimum Gasteiger partial charge on any atom is -0.344 e. The van der Waals surface area contributed by atoms with Crippen LogP contribution in [0.2, 0.25) is 0 Å². The van der Waals surface area contributed by atoms with E-state index >= 15 is 0 Å². The lowest BCUT2D eigenvalue weighted by molar-refractivity contribution is -0.121. The summed E-state index contributed by atoms with van der Waals surface area (Å²) >= 11 is 0. The number of hydrogen-bond acceptors (Lipinski definition) is 3. The van der Waals surface area contributed by atoms with Gasteiger partial charge in [-0.2, -0.15) is 0 Å². The summed E-state index contributed by atoms with van der Waals surface area (Å²) in [5.41, 5.74) is 4.39. The Hall–Kier alpha value is -3.27. The van der Waals surface area contributed by atoms with Gasteiger partial charge in [-0.15, -0.1) is 0 Å². The van der Waals surface area contributed by atoms with Gasteiger partial charge in [-0.3, -0.25) is 14.6 Å². The molecule has 0 saturated heterocycles. The van der Waals surface area contributed by atoms with Gasteiger partial charge in [0.1, 0.15) is 0 Å². The van der Waals surface area contributed by atoms with Crippen molar-refractivity contribution in [2.45, 2.75) is 32.7 Å². The molecule has 1 amide bonds. The predicted octanol–water partition coefficient (Wildman–Crippen LogP) is 4.57. The molecule has 1 unspecified atom stereocenters. The van der Waals surface area contributed by atoms with Crippen molar-refractivity contribution in [3.8, 4) is 0 Å². The second-order valence-electron chi connectivity index (χ2n) is 6.91. The van der Waals surface area contributed by atoms with E-state index in [1.807, 2.05) is 80.6 Å². The molecule has 0 fully saturated rings. The van der Waals surface area contributed by atoms with E-state index in [1.54, 1.807) is 6.20 Å². The number of rotatable bonds is 7. The first-order valence-electron chi connectivity index (χ1n) is 9.40. The average Bonchev–Trinajstić information content (AvgIpc) is 2.73. The second-order valence-corrected chi connectivity index (χ2v) is 6.91. The van der Waals surface area contributed by atoms with Gasteiger partial charge in [0.15, 0.2) is 5.78 Å². The molecule has 0 bridgehead atoms. The van der Waals surface area contributed by atoms with Gasteiger partial charge >= 0.3 is 0 Å². The molecule has 3 rings (SSSR count). The first-order valence-corrected chi connectivity index (χ1v) is 9.40. The van der Waals surface area contributed by atoms with Gasteiger partial charge in [-0.25, -0.2) is 0 Å². The van der Waals surface area contributed by atoms with Gasteiger partial charge in [0, 0.05) is 24.6 Å². The maximum atomic E-state index is 12.6. The molecule has 1 heterocycles. The third-order valence-electron chi connectivity index (χ3n) is 4.69. The Kier molecular flexibility index (Phi) is 6.33. The van der Waals surface area contributed by atoms with E-state index in [4.69, 9.17) is 0 Å². The number of nitrogens with one attached hydrogen (secondary N) is 1. The Morgan fingerprint density at radius 2 is 1.68 bits per heavy atom. The third-order valence-corrected chi connectivity index (χ3v) is 4.69. The summed E-state index contributed by atoms with van der Waals surface area (Å²) in [6.45, 7) is 3.87. The lowest BCUT2D eigenvalue weighted by atomic mass is 9.99. The number of ketones is 1. The van der Waals surface area contributed by atoms with E-state index in [0.717, 1.165) is 22.4 Å². The average molecular weight is 372 g/mol. The Morgan fingerprint density at radius 1 is 0.929 bits per heavy atom. The Labute approximate surface area is 165 Å². The number of pyridine rings is 1. The molecule has 142 valence electrons. The van der Waals surface area contributed by atoms with Gasteiger partial charge in [-0.1, -0.05) is 54.1 Å². The fraction of sp³-hybridized carbons (Fsp3) is 0.208. The second kappa shape index (κ2) is 9.09. The number of hydrogen-bond donors (Lipinski definition) is 1. The number of carbonyl (C=O) groups excluding carboxylic acids is 2. The molecule has 2 aromatic carbocycles. The highest BCUT2D eigenvalue weighted by Crippen LogP contribution is 2.20. The molecule has 0 radical (unpaired) electrons. The van der Waals surface area contributed by atoms with Crippen molar-refractivity contribution in [2.75, 3.05) is 0 Å². The van der Waals surface area contributed by atoms with Crippen molar-refractivity contribution in [2.24, 2.45) is 0 Å². The van der Waals surface area contributed by atoms with E-state index in [-0.39, 0.29) is 30.6 Å². The monoisotopic (exact) mass is 372 g/mol. The fourth-order valence-electron chi connectivity index (χ4n) is 3.15. The molecule has 28 heavy (non-hydrogen) atoms. The van der Waals surface area contributed by atoms with Crippen molar-refractivity contribution in [1.82, 2.24) is 10.3 Å². The Bertz CT molecular complexity index is 913. The number of aryl methyl sites for hydroxylation is 2. The molecule has 1 N–H and O–H groups in total. The number of amides is 1. The van der Waals surface area contributed by atoms with E-state index in [1.165, 1.54) is 0 Å². The molecule has 0 aliphatic rings. The van der Waals surface area contributed by atoms with E-state index < -0.39 is 0 Å². The van der Waals surface area contributed by atoms with Gasteiger partial charge in [0.05, 0.1) is 11.7 Å². The molecule has 4 heteroatoms. The van der Waals surface area contributed by atoms with Crippen LogP contribution < -0.4 is 5.32 Å². The van der Waals surface area contributed by atoms with Gasteiger partial charge < -0.3 is 5.32 Å². The number of Topliss-reactive ketones (excluding diaryl/α,β-unsaturated/α-hetero) is 1. The molecule has 0 saturated carbocycles. The summed E-state index contributed by atoms with van der Waals surface area (Å²) in [7, 11) is 0. The Morgan fingerprint density at radius 3 is 2.39 bits per heavy atom. The molecule has 3 aromatic rings. The van der Waals surface area contributed by atoms with Crippen molar-refractivity contribution in [1.29, 1.82) is 0 Å². The zero-order chi connectivity index (χ0) is 19.9. The summed E-state index contributed by atoms with van der Waals surface area (Å²) in [5.74, 6) is -0.177. The predicted molar refractivity (Wildman–Crippen MR) is 110 cm³/mol. The minimum absolute atomic E-state index is 0.00885. The smallest absolute Gasteiger partial charge is 0.221 e. The molecule has 0 spiro atoms. The molecular formula is C24H24N2O2. The first kappa shape index (κ1) is 19.5. The third kappa shape index (κ3) is 4.92. The first-order chi connectivity index (χ1) is 13.5. The van der Waals surface area contributed by atoms with Crippen molar-refractivity contribution < 1.29 is 9.59 Å². The number of aromatic nitrogens is 1. The summed E-state index contributed by atoms with van der Waals surface area (Å²) < 4.78 is 0. The summed E-state index contributed by atoms with van der Waals surface area (Å²) in [6.07, 6.45) is 2.03. The fourth-order valence-corrected chi connectivity index (χ4v) is 3.15. The maximum Gasteiger partial charge on any atom is 0.221 e. The zero-order valence-electron chi connectivity index (χ0n) is 16.2. The molecule has 0 aliphatic heterocycles. The van der Waals surface area contributed by atoms with Crippen molar-refractivity contribution in [3.05, 3.63) is 101 Å². The Balaban J connectivity index is 1.69. The highest BCUT2D eigenvalue weighted by atomic mass is 16.2. The maximum absolute atomic E-state index is 12.6. The summed E-state index contributed by atoms with van der Waals surface area (Å²) in [4.78, 5) is 29.5. The van der Waals surface area contributed by atoms with Gasteiger partial charge in [0.2, 0.25) is 5.91 Å². The highest BCUT2D eigenvalue weighted by Gasteiger charge is 2.19. The van der Waals surface area contributed by atoms with E-state index in [0.29, 0.717) is 5.56 Å². The van der Waals surface area contributed by atoms with Crippen LogP contribution in [0.4, 0.5) is 0 Å². The highest BCUT2D eigenvalue weighted by molar-refractivity contribution is 5.99. The van der Waals surface area contributed by atoms with Crippen molar-refractivity contribution >= 4 is 11.7 Å². The van der Waals surface area contributed by atoms with Crippen LogP contribution in [0.5, 0.6) is 0 Å². The van der Waals surface area contributed by atoms with Gasteiger partial charge in [0.25, 0.3) is 0 Å². The molecular weight excluding hydrogens is 348 g/mol. The SMILES string of the molecule is Cc1ccc(C)c(C(=O)CCC(=O)NC(c2ccccc2)c2ccccn2)c1. The van der Waals surface area contributed by atoms with E-state index in [2.05, 4.69) is 10.3 Å². The zero-order valence-corrected chi connectivity index (χ0v) is 16.2. The number of nitrogens with zero attached hydrogens (tertiary/aromatic N) is 1. The topological polar surface area (TPSA) is 59.1 Å². The van der Waals surface area contributed by atoms with Crippen LogP contribution in [0.15, 0.2) is 72.9 Å². The van der Waals surface area contributed by atoms with E-state index in [9.17, 15) is 9.59 Å². The molecule has 0 aliphatic carbocycles. The standard InChI is InChI=1S/C24H24N2O2/c1-17-11-12-18(2)20(16-17)22(27)13-14-23(28)26-24(19-8-4-3-5-9-19)21-10-6-7-15-25-21/h3-12,15-16,24H,13-14H2,1-2H3,(H,26,28). The van der Waals surface area contributed by atoms with Crippen molar-refractivity contribution in [3.63, 3.8) is 0 Å². The largest absolute Gasteiger partial charge is 0.344 e. The molecule has 1 atom stereocenters. The molecule has 1 aromatic heterocycles. The number of carbonyl (C=O) groups is 2. The lowest BCUT2D eigenvalue weighted by Crippen LogP contribution is -2.30. The summed E-state index contributed by atoms with van der Waals surface area (Å²) in [5, 5.41) is 3.03. The normalized spacial score (nSPS) is 11.6. The van der Waals surface area contributed by atoms with Crippen LogP contribution in [0.3, 0.4) is 0 Å². The minimum atomic E-state index is -0.342. The van der Waals surface area contributed by atoms with Gasteiger partial charge in [-0.05, 0) is 43.2 Å². The summed E-state index contributed by atoms with van der Waals surface area (Å²) in [6, 6.07) is 20.8. The number of benzene rings is 2. The van der Waals surface area contributed by atoms with Crippen LogP contribution in [0.25, 0.3) is 0 Å². The lowest BCUT2D eigenvalue weighted by Gasteiger charge is -2.19. The van der Waals surface area contributed by atoms with Crippen LogP contribution in [0, 0.1) is 13.8 Å². The van der Waals surface area contributed by atoms with Crippen LogP contribution in [-0.4, -0.2) is 16.7 Å². The molecule has 4 nitrogen and oxygen atoms in total. The quantitative estimate of drug-likeness (QED) is 0.618. The van der Waals surface area contributed by atoms with Crippen LogP contribution >= 0.6 is 0 Å².